The van der Waals surface area contributed by atoms with Crippen LogP contribution in [0.5, 0.6) is 0 Å². The zero-order valence-electron chi connectivity index (χ0n) is 14.5. The van der Waals surface area contributed by atoms with Crippen LogP contribution in [0.1, 0.15) is 20.8 Å². The first-order chi connectivity index (χ1) is 12.1. The molecule has 5 nitrogen and oxygen atoms in total. The van der Waals surface area contributed by atoms with E-state index in [2.05, 4.69) is 36.5 Å². The summed E-state index contributed by atoms with van der Waals surface area (Å²) in [4.78, 5) is 28.2. The number of carbonyl (C=O) groups excluding carboxylic acids is 2. The second-order valence-electron chi connectivity index (χ2n) is 6.46. The lowest BCUT2D eigenvalue weighted by Gasteiger charge is -2.32. The fraction of sp³-hybridized carbons (Fsp3) is 0.368. The summed E-state index contributed by atoms with van der Waals surface area (Å²) in [7, 11) is 0. The predicted octanol–water partition coefficient (Wildman–Crippen LogP) is 0.714. The van der Waals surface area contributed by atoms with Crippen LogP contribution in [-0.4, -0.2) is 49.4 Å². The third-order valence-corrected chi connectivity index (χ3v) is 5.37. The highest BCUT2D eigenvalue weighted by molar-refractivity contribution is 7.12. The van der Waals surface area contributed by atoms with Crippen LogP contribution in [0, 0.1) is 6.92 Å². The molecule has 0 spiro atoms. The molecule has 0 atom stereocenters. The molecule has 132 valence electrons. The molecule has 1 aliphatic rings. The van der Waals surface area contributed by atoms with Crippen molar-refractivity contribution in [3.63, 3.8) is 0 Å². The number of aryl methyl sites for hydroxylation is 1. The molecule has 0 aliphatic carbocycles. The molecule has 1 aromatic carbocycles. The van der Waals surface area contributed by atoms with Crippen molar-refractivity contribution in [2.24, 2.45) is 0 Å². The molecule has 1 aromatic heterocycles. The van der Waals surface area contributed by atoms with Gasteiger partial charge < -0.3 is 15.1 Å². The van der Waals surface area contributed by atoms with E-state index in [0.717, 1.165) is 32.7 Å². The highest BCUT2D eigenvalue weighted by atomic mass is 32.1. The van der Waals surface area contributed by atoms with Gasteiger partial charge in [-0.25, -0.2) is 0 Å². The smallest absolute Gasteiger partial charge is 0.261 e. The third-order valence-electron chi connectivity index (χ3n) is 4.51. The fourth-order valence-corrected chi connectivity index (χ4v) is 3.76. The highest BCUT2D eigenvalue weighted by Crippen LogP contribution is 2.07. The Morgan fingerprint density at radius 2 is 2.00 bits per heavy atom. The minimum Gasteiger partial charge on any atom is -0.342 e. The van der Waals surface area contributed by atoms with Crippen molar-refractivity contribution >= 4 is 23.2 Å². The van der Waals surface area contributed by atoms with Gasteiger partial charge in [0.1, 0.15) is 6.54 Å². The number of thiophene rings is 1. The number of amides is 2. The summed E-state index contributed by atoms with van der Waals surface area (Å²) in [6.07, 6.45) is 0. The lowest BCUT2D eigenvalue weighted by Crippen LogP contribution is -3.13. The number of carbonyl (C=O) groups is 2. The first-order valence-electron chi connectivity index (χ1n) is 8.60. The maximum atomic E-state index is 12.3. The number of benzene rings is 1. The molecule has 0 saturated carbocycles. The van der Waals surface area contributed by atoms with E-state index in [4.69, 9.17) is 0 Å². The lowest BCUT2D eigenvalue weighted by atomic mass is 10.1. The summed E-state index contributed by atoms with van der Waals surface area (Å²) in [6, 6.07) is 12.2. The zero-order valence-corrected chi connectivity index (χ0v) is 15.3. The van der Waals surface area contributed by atoms with Gasteiger partial charge in [-0.05, 0) is 18.4 Å². The topological polar surface area (TPSA) is 53.9 Å². The Bertz CT molecular complexity index is 722. The Labute approximate surface area is 152 Å². The molecule has 1 saturated heterocycles. The van der Waals surface area contributed by atoms with Crippen molar-refractivity contribution in [3.8, 4) is 0 Å². The van der Waals surface area contributed by atoms with E-state index in [-0.39, 0.29) is 18.4 Å². The van der Waals surface area contributed by atoms with Gasteiger partial charge in [-0.15, -0.1) is 11.3 Å². The summed E-state index contributed by atoms with van der Waals surface area (Å²) < 4.78 is 0. The largest absolute Gasteiger partial charge is 0.342 e. The summed E-state index contributed by atoms with van der Waals surface area (Å²) in [6.45, 7) is 6.56. The Hall–Kier alpha value is -2.18. The average Bonchev–Trinajstić information content (AvgIpc) is 3.15. The molecule has 0 unspecified atom stereocenters. The number of quaternary nitrogens is 1. The number of piperazine rings is 1. The van der Waals surface area contributed by atoms with E-state index in [9.17, 15) is 9.59 Å². The van der Waals surface area contributed by atoms with Crippen LogP contribution in [0.25, 0.3) is 0 Å². The number of hydrogen-bond acceptors (Lipinski definition) is 3. The van der Waals surface area contributed by atoms with Crippen LogP contribution < -0.4 is 10.2 Å². The fourth-order valence-electron chi connectivity index (χ4n) is 3.12. The molecular formula is C19H24N3O2S+. The van der Waals surface area contributed by atoms with E-state index in [1.807, 2.05) is 16.3 Å². The molecule has 2 N–H and O–H groups in total. The van der Waals surface area contributed by atoms with E-state index in [1.54, 1.807) is 6.07 Å². The van der Waals surface area contributed by atoms with Crippen LogP contribution in [0.3, 0.4) is 0 Å². The molecule has 3 rings (SSSR count). The van der Waals surface area contributed by atoms with Crippen molar-refractivity contribution in [3.05, 3.63) is 57.8 Å². The summed E-state index contributed by atoms with van der Waals surface area (Å²) in [5.74, 6) is -0.174. The molecule has 0 bridgehead atoms. The molecule has 6 heteroatoms. The normalized spacial score (nSPS) is 15.2. The van der Waals surface area contributed by atoms with Gasteiger partial charge in [-0.3, -0.25) is 9.59 Å². The van der Waals surface area contributed by atoms with Crippen LogP contribution >= 0.6 is 11.3 Å². The minimum absolute atomic E-state index is 0.000452. The first kappa shape index (κ1) is 17.6. The SMILES string of the molecule is Cc1cccc(C[NH+]2CCN(C(=O)CNC(=O)c3cccs3)CC2)c1. The Kier molecular flexibility index (Phi) is 5.83. The number of rotatable bonds is 5. The lowest BCUT2D eigenvalue weighted by molar-refractivity contribution is -0.917. The second kappa shape index (κ2) is 8.27. The molecule has 2 aromatic rings. The Balaban J connectivity index is 1.42. The van der Waals surface area contributed by atoms with Gasteiger partial charge in [0.05, 0.1) is 37.6 Å². The number of hydrogen-bond donors (Lipinski definition) is 2. The van der Waals surface area contributed by atoms with E-state index in [0.29, 0.717) is 4.88 Å². The first-order valence-corrected chi connectivity index (χ1v) is 9.48. The van der Waals surface area contributed by atoms with Crippen LogP contribution in [-0.2, 0) is 11.3 Å². The molecule has 1 aliphatic heterocycles. The monoisotopic (exact) mass is 358 g/mol. The Morgan fingerprint density at radius 3 is 2.68 bits per heavy atom. The van der Waals surface area contributed by atoms with Crippen LogP contribution in [0.4, 0.5) is 0 Å². The molecule has 0 radical (unpaired) electrons. The zero-order chi connectivity index (χ0) is 17.6. The maximum absolute atomic E-state index is 12.3. The molecule has 2 amide bonds. The van der Waals surface area contributed by atoms with Crippen LogP contribution in [0.15, 0.2) is 41.8 Å². The summed E-state index contributed by atoms with van der Waals surface area (Å²) in [5.41, 5.74) is 2.63. The number of nitrogens with zero attached hydrogens (tertiary/aromatic N) is 1. The molecule has 25 heavy (non-hydrogen) atoms. The van der Waals surface area contributed by atoms with Gasteiger partial charge in [0.25, 0.3) is 5.91 Å². The van der Waals surface area contributed by atoms with Gasteiger partial charge in [0.15, 0.2) is 0 Å². The molecular weight excluding hydrogens is 334 g/mol. The average molecular weight is 358 g/mol. The third kappa shape index (κ3) is 4.90. The van der Waals surface area contributed by atoms with Crippen molar-refractivity contribution in [2.45, 2.75) is 13.5 Å². The highest BCUT2D eigenvalue weighted by Gasteiger charge is 2.24. The second-order valence-corrected chi connectivity index (χ2v) is 7.40. The van der Waals surface area contributed by atoms with Gasteiger partial charge >= 0.3 is 0 Å². The van der Waals surface area contributed by atoms with E-state index >= 15 is 0 Å². The van der Waals surface area contributed by atoms with Crippen molar-refractivity contribution in [1.29, 1.82) is 0 Å². The Morgan fingerprint density at radius 1 is 1.20 bits per heavy atom. The predicted molar refractivity (Wildman–Crippen MR) is 98.8 cm³/mol. The quantitative estimate of drug-likeness (QED) is 0.827. The van der Waals surface area contributed by atoms with E-state index in [1.165, 1.54) is 27.4 Å². The van der Waals surface area contributed by atoms with E-state index < -0.39 is 0 Å². The van der Waals surface area contributed by atoms with Crippen LogP contribution in [0.2, 0.25) is 0 Å². The summed E-state index contributed by atoms with van der Waals surface area (Å²) >= 11 is 1.38. The van der Waals surface area contributed by atoms with Crippen molar-refractivity contribution in [2.75, 3.05) is 32.7 Å². The molecule has 2 heterocycles. The standard InChI is InChI=1S/C19H23N3O2S/c1-15-4-2-5-16(12-15)14-21-7-9-22(10-8-21)18(23)13-20-19(24)17-6-3-11-25-17/h2-6,11-12H,7-10,13-14H2,1H3,(H,20,24)/p+1. The van der Waals surface area contributed by atoms with Gasteiger partial charge in [0, 0.05) is 5.56 Å². The van der Waals surface area contributed by atoms with Gasteiger partial charge in [-0.1, -0.05) is 35.9 Å². The minimum atomic E-state index is -0.174. The van der Waals surface area contributed by atoms with Crippen molar-refractivity contribution in [1.82, 2.24) is 10.2 Å². The maximum Gasteiger partial charge on any atom is 0.261 e. The number of nitrogens with one attached hydrogen (secondary N) is 2. The van der Waals surface area contributed by atoms with Gasteiger partial charge in [-0.2, -0.15) is 0 Å². The van der Waals surface area contributed by atoms with Crippen molar-refractivity contribution < 1.29 is 14.5 Å². The summed E-state index contributed by atoms with van der Waals surface area (Å²) in [5, 5.41) is 4.57. The molecule has 1 fully saturated rings. The van der Waals surface area contributed by atoms with Gasteiger partial charge in [0.2, 0.25) is 5.91 Å².